The third-order valence-corrected chi connectivity index (χ3v) is 5.52. The summed E-state index contributed by atoms with van der Waals surface area (Å²) in [6.07, 6.45) is -0.0619. The number of nitrogens with zero attached hydrogens (tertiary/aromatic N) is 1. The Labute approximate surface area is 112 Å². The molecule has 2 rings (SSSR count). The van der Waals surface area contributed by atoms with Crippen molar-refractivity contribution >= 4 is 10.0 Å². The summed E-state index contributed by atoms with van der Waals surface area (Å²) in [5, 5.41) is 9.78. The third kappa shape index (κ3) is 2.80. The number of piperidine rings is 1. The molecule has 0 aromatic heterocycles. The number of benzene rings is 1. The fourth-order valence-corrected chi connectivity index (χ4v) is 3.61. The monoisotopic (exact) mass is 287 g/mol. The average Bonchev–Trinajstić information content (AvgIpc) is 2.35. The lowest BCUT2D eigenvalue weighted by atomic mass is 9.98. The molecule has 1 fully saturated rings. The zero-order chi connectivity index (χ0) is 14.2. The molecule has 1 aliphatic heterocycles. The maximum absolute atomic E-state index is 13.5. The van der Waals surface area contributed by atoms with E-state index >= 15 is 0 Å². The number of halogens is 1. The Kier molecular flexibility index (Phi) is 3.94. The van der Waals surface area contributed by atoms with E-state index in [-0.39, 0.29) is 17.4 Å². The molecule has 0 saturated carbocycles. The van der Waals surface area contributed by atoms with Crippen molar-refractivity contribution in [2.24, 2.45) is 5.92 Å². The summed E-state index contributed by atoms with van der Waals surface area (Å²) in [6, 6.07) is 3.89. The number of hydrogen-bond acceptors (Lipinski definition) is 3. The third-order valence-electron chi connectivity index (χ3n) is 3.66. The van der Waals surface area contributed by atoms with Crippen LogP contribution >= 0.6 is 0 Å². The first kappa shape index (κ1) is 14.4. The Balaban J connectivity index is 2.29. The molecule has 106 valence electrons. The highest BCUT2D eigenvalue weighted by Crippen LogP contribution is 2.24. The summed E-state index contributed by atoms with van der Waals surface area (Å²) in [4.78, 5) is -0.0580. The van der Waals surface area contributed by atoms with E-state index in [4.69, 9.17) is 0 Å². The van der Waals surface area contributed by atoms with Gasteiger partial charge in [0.1, 0.15) is 5.82 Å². The molecular formula is C13H18FNO3S. The van der Waals surface area contributed by atoms with Crippen molar-refractivity contribution in [2.75, 3.05) is 13.1 Å². The summed E-state index contributed by atoms with van der Waals surface area (Å²) in [6.45, 7) is 3.90. The van der Waals surface area contributed by atoms with Gasteiger partial charge in [0.15, 0.2) is 0 Å². The summed E-state index contributed by atoms with van der Waals surface area (Å²) in [7, 11) is -3.72. The number of aliphatic hydroxyl groups excluding tert-OH is 1. The number of aliphatic hydroxyl groups is 1. The predicted molar refractivity (Wildman–Crippen MR) is 69.7 cm³/mol. The van der Waals surface area contributed by atoms with Crippen LogP contribution in [0, 0.1) is 18.7 Å². The maximum Gasteiger partial charge on any atom is 0.243 e. The minimum Gasteiger partial charge on any atom is -0.391 e. The molecule has 1 saturated heterocycles. The number of hydrogen-bond donors (Lipinski definition) is 1. The van der Waals surface area contributed by atoms with Gasteiger partial charge in [-0.05, 0) is 37.0 Å². The minimum atomic E-state index is -3.72. The Morgan fingerprint density at radius 1 is 1.42 bits per heavy atom. The van der Waals surface area contributed by atoms with Gasteiger partial charge in [0.05, 0.1) is 11.0 Å². The largest absolute Gasteiger partial charge is 0.391 e. The van der Waals surface area contributed by atoms with Crippen LogP contribution in [0.15, 0.2) is 23.1 Å². The number of aryl methyl sites for hydroxylation is 1. The molecule has 1 heterocycles. The lowest BCUT2D eigenvalue weighted by Gasteiger charge is -2.33. The Morgan fingerprint density at radius 2 is 2.11 bits per heavy atom. The van der Waals surface area contributed by atoms with Crippen LogP contribution in [-0.2, 0) is 10.0 Å². The van der Waals surface area contributed by atoms with E-state index < -0.39 is 21.9 Å². The normalized spacial score (nSPS) is 25.5. The zero-order valence-electron chi connectivity index (χ0n) is 11.0. The number of β-amino-alcohol motifs (C(OH)–C–C–N with tert-alkyl or cyclic N) is 1. The Bertz CT molecular complexity index is 573. The van der Waals surface area contributed by atoms with E-state index in [1.54, 1.807) is 6.92 Å². The molecule has 0 aliphatic carbocycles. The SMILES string of the molecule is Cc1ccc(S(=O)(=O)N2CCC(C)C(O)C2)cc1F. The fraction of sp³-hybridized carbons (Fsp3) is 0.538. The van der Waals surface area contributed by atoms with Crippen LogP contribution in [-0.4, -0.2) is 37.0 Å². The standard InChI is InChI=1S/C13H18FNO3S/c1-9-3-4-11(7-12(9)14)19(17,18)15-6-5-10(2)13(16)8-15/h3-4,7,10,13,16H,5-6,8H2,1-2H3. The lowest BCUT2D eigenvalue weighted by molar-refractivity contribution is 0.0605. The fourth-order valence-electron chi connectivity index (χ4n) is 2.12. The van der Waals surface area contributed by atoms with Gasteiger partial charge in [0.2, 0.25) is 10.0 Å². The maximum atomic E-state index is 13.5. The smallest absolute Gasteiger partial charge is 0.243 e. The molecule has 0 amide bonds. The molecule has 6 heteroatoms. The van der Waals surface area contributed by atoms with Crippen molar-refractivity contribution < 1.29 is 17.9 Å². The lowest BCUT2D eigenvalue weighted by Crippen LogP contribution is -2.45. The van der Waals surface area contributed by atoms with Crippen LogP contribution in [0.4, 0.5) is 4.39 Å². The van der Waals surface area contributed by atoms with Gasteiger partial charge in [-0.2, -0.15) is 4.31 Å². The van der Waals surface area contributed by atoms with Crippen molar-refractivity contribution in [1.82, 2.24) is 4.31 Å². The molecule has 1 aromatic rings. The van der Waals surface area contributed by atoms with Gasteiger partial charge in [0.25, 0.3) is 0 Å². The van der Waals surface area contributed by atoms with Crippen LogP contribution in [0.3, 0.4) is 0 Å². The van der Waals surface area contributed by atoms with Gasteiger partial charge in [-0.3, -0.25) is 0 Å². The van der Waals surface area contributed by atoms with Crippen LogP contribution in [0.5, 0.6) is 0 Å². The Hall–Kier alpha value is -0.980. The van der Waals surface area contributed by atoms with Gasteiger partial charge in [0, 0.05) is 13.1 Å². The summed E-state index contributed by atoms with van der Waals surface area (Å²) >= 11 is 0. The summed E-state index contributed by atoms with van der Waals surface area (Å²) in [5.74, 6) is -0.451. The van der Waals surface area contributed by atoms with Gasteiger partial charge >= 0.3 is 0 Å². The van der Waals surface area contributed by atoms with E-state index in [9.17, 15) is 17.9 Å². The highest BCUT2D eigenvalue weighted by Gasteiger charge is 2.32. The van der Waals surface area contributed by atoms with Crippen molar-refractivity contribution in [2.45, 2.75) is 31.3 Å². The van der Waals surface area contributed by atoms with Gasteiger partial charge in [-0.25, -0.2) is 12.8 Å². The van der Waals surface area contributed by atoms with Crippen molar-refractivity contribution in [3.8, 4) is 0 Å². The topological polar surface area (TPSA) is 57.6 Å². The van der Waals surface area contributed by atoms with E-state index in [0.717, 1.165) is 6.07 Å². The first-order valence-electron chi connectivity index (χ1n) is 6.26. The molecule has 0 spiro atoms. The molecule has 0 radical (unpaired) electrons. The second-order valence-corrected chi connectivity index (χ2v) is 7.05. The highest BCUT2D eigenvalue weighted by molar-refractivity contribution is 7.89. The quantitative estimate of drug-likeness (QED) is 0.897. The molecule has 1 aromatic carbocycles. The number of sulfonamides is 1. The van der Waals surface area contributed by atoms with Crippen molar-refractivity contribution in [3.63, 3.8) is 0 Å². The molecule has 0 bridgehead atoms. The number of rotatable bonds is 2. The second kappa shape index (κ2) is 5.19. The molecule has 19 heavy (non-hydrogen) atoms. The Morgan fingerprint density at radius 3 is 2.68 bits per heavy atom. The zero-order valence-corrected chi connectivity index (χ0v) is 11.8. The van der Waals surface area contributed by atoms with E-state index in [1.807, 2.05) is 6.92 Å². The van der Waals surface area contributed by atoms with E-state index in [1.165, 1.54) is 16.4 Å². The minimum absolute atomic E-state index is 0.0580. The van der Waals surface area contributed by atoms with Gasteiger partial charge in [-0.15, -0.1) is 0 Å². The summed E-state index contributed by atoms with van der Waals surface area (Å²) < 4.78 is 39.4. The highest BCUT2D eigenvalue weighted by atomic mass is 32.2. The van der Waals surface area contributed by atoms with Gasteiger partial charge in [-0.1, -0.05) is 13.0 Å². The van der Waals surface area contributed by atoms with Crippen LogP contribution in [0.2, 0.25) is 0 Å². The van der Waals surface area contributed by atoms with Gasteiger partial charge < -0.3 is 5.11 Å². The second-order valence-electron chi connectivity index (χ2n) is 5.11. The average molecular weight is 287 g/mol. The molecule has 2 atom stereocenters. The molecule has 4 nitrogen and oxygen atoms in total. The predicted octanol–water partition coefficient (Wildman–Crippen LogP) is 1.53. The first-order chi connectivity index (χ1) is 8.82. The van der Waals surface area contributed by atoms with E-state index in [0.29, 0.717) is 18.5 Å². The van der Waals surface area contributed by atoms with Crippen molar-refractivity contribution in [3.05, 3.63) is 29.6 Å². The molecule has 1 aliphatic rings. The first-order valence-corrected chi connectivity index (χ1v) is 7.70. The van der Waals surface area contributed by atoms with Crippen LogP contribution in [0.25, 0.3) is 0 Å². The van der Waals surface area contributed by atoms with Crippen LogP contribution in [0.1, 0.15) is 18.9 Å². The van der Waals surface area contributed by atoms with Crippen LogP contribution < -0.4 is 0 Å². The molecule has 1 N–H and O–H groups in total. The molecular weight excluding hydrogens is 269 g/mol. The van der Waals surface area contributed by atoms with E-state index in [2.05, 4.69) is 0 Å². The molecule has 2 unspecified atom stereocenters. The van der Waals surface area contributed by atoms with Crippen molar-refractivity contribution in [1.29, 1.82) is 0 Å². The summed E-state index contributed by atoms with van der Waals surface area (Å²) in [5.41, 5.74) is 0.409.